The number of ketones is 1. The van der Waals surface area contributed by atoms with E-state index in [2.05, 4.69) is 19.2 Å². The van der Waals surface area contributed by atoms with Gasteiger partial charge in [-0.3, -0.25) is 9.59 Å². The minimum Gasteiger partial charge on any atom is -0.394 e. The van der Waals surface area contributed by atoms with Crippen molar-refractivity contribution in [2.24, 2.45) is 0 Å². The summed E-state index contributed by atoms with van der Waals surface area (Å²) in [7, 11) is 0. The number of hydrogen-bond donors (Lipinski definition) is 2. The van der Waals surface area contributed by atoms with Crippen LogP contribution in [0.5, 0.6) is 0 Å². The largest absolute Gasteiger partial charge is 0.394 e. The van der Waals surface area contributed by atoms with Gasteiger partial charge in [-0.2, -0.15) is 0 Å². The molecule has 0 spiro atoms. The summed E-state index contributed by atoms with van der Waals surface area (Å²) in [5.74, 6) is 0.623. The van der Waals surface area contributed by atoms with E-state index in [1.165, 1.54) is 225 Å². The maximum Gasteiger partial charge on any atom is 0.220 e. The molecular formula is C50H99NO3. The summed E-state index contributed by atoms with van der Waals surface area (Å²) in [6.07, 6.45) is 56.0. The lowest BCUT2D eigenvalue weighted by atomic mass is 10.0. The van der Waals surface area contributed by atoms with Crippen molar-refractivity contribution in [3.63, 3.8) is 0 Å². The first kappa shape index (κ1) is 53.1. The minimum absolute atomic E-state index is 0.0603. The zero-order chi connectivity index (χ0) is 39.3. The van der Waals surface area contributed by atoms with Gasteiger partial charge < -0.3 is 10.4 Å². The zero-order valence-electron chi connectivity index (χ0n) is 37.2. The van der Waals surface area contributed by atoms with Crippen molar-refractivity contribution in [3.8, 4) is 0 Å². The molecule has 0 aromatic carbocycles. The molecule has 4 heteroatoms. The summed E-state index contributed by atoms with van der Waals surface area (Å²) in [6.45, 7) is 4.63. The fraction of sp³-hybridized carbons (Fsp3) is 0.960. The van der Waals surface area contributed by atoms with Crippen LogP contribution in [0, 0.1) is 0 Å². The van der Waals surface area contributed by atoms with E-state index in [0.717, 1.165) is 51.4 Å². The summed E-state index contributed by atoms with van der Waals surface area (Å²) in [4.78, 5) is 24.6. The Morgan fingerprint density at radius 3 is 0.870 bits per heavy atom. The van der Waals surface area contributed by atoms with Crippen LogP contribution in [-0.2, 0) is 9.59 Å². The topological polar surface area (TPSA) is 66.4 Å². The van der Waals surface area contributed by atoms with Crippen LogP contribution >= 0.6 is 0 Å². The Kier molecular flexibility index (Phi) is 45.7. The predicted molar refractivity (Wildman–Crippen MR) is 239 cm³/mol. The molecule has 0 aromatic heterocycles. The highest BCUT2D eigenvalue weighted by atomic mass is 16.3. The standard InChI is InChI=1S/C50H99NO3/c1-3-5-7-9-11-13-15-17-20-23-27-31-35-39-43-48(47-52)51-50(54)46-42-38-34-30-26-22-18-21-25-29-33-37-41-45-49(53)44-40-36-32-28-24-19-16-14-12-10-8-6-4-2/h48,52H,3-47H2,1-2H3,(H,51,54)/t48-/m0/s1. The molecule has 0 aliphatic heterocycles. The van der Waals surface area contributed by atoms with Gasteiger partial charge in [-0.1, -0.05) is 251 Å². The van der Waals surface area contributed by atoms with Crippen LogP contribution in [0.1, 0.15) is 296 Å². The van der Waals surface area contributed by atoms with Crippen molar-refractivity contribution in [3.05, 3.63) is 0 Å². The van der Waals surface area contributed by atoms with Crippen LogP contribution in [0.4, 0.5) is 0 Å². The maximum absolute atomic E-state index is 12.4. The number of hydrogen-bond acceptors (Lipinski definition) is 3. The molecule has 322 valence electrons. The van der Waals surface area contributed by atoms with E-state index in [9.17, 15) is 14.7 Å². The lowest BCUT2D eigenvalue weighted by molar-refractivity contribution is -0.122. The van der Waals surface area contributed by atoms with Crippen LogP contribution < -0.4 is 5.32 Å². The van der Waals surface area contributed by atoms with Crippen LogP contribution in [0.3, 0.4) is 0 Å². The first-order chi connectivity index (χ1) is 26.6. The predicted octanol–water partition coefficient (Wildman–Crippen LogP) is 16.2. The Morgan fingerprint density at radius 2 is 0.593 bits per heavy atom. The highest BCUT2D eigenvalue weighted by Crippen LogP contribution is 2.17. The van der Waals surface area contributed by atoms with Gasteiger partial charge in [0.15, 0.2) is 0 Å². The van der Waals surface area contributed by atoms with Crippen LogP contribution in [0.2, 0.25) is 0 Å². The third kappa shape index (κ3) is 43.8. The quantitative estimate of drug-likeness (QED) is 0.0607. The second-order valence-corrected chi connectivity index (χ2v) is 17.5. The molecule has 0 bridgehead atoms. The number of carbonyl (C=O) groups is 2. The molecule has 0 fully saturated rings. The maximum atomic E-state index is 12.4. The molecule has 0 aromatic rings. The third-order valence-corrected chi connectivity index (χ3v) is 11.9. The van der Waals surface area contributed by atoms with Gasteiger partial charge in [0, 0.05) is 19.3 Å². The van der Waals surface area contributed by atoms with Gasteiger partial charge in [-0.15, -0.1) is 0 Å². The highest BCUT2D eigenvalue weighted by Gasteiger charge is 2.11. The molecule has 0 aliphatic carbocycles. The lowest BCUT2D eigenvalue weighted by Crippen LogP contribution is -2.37. The number of aliphatic hydroxyl groups is 1. The Morgan fingerprint density at radius 1 is 0.352 bits per heavy atom. The molecule has 0 aliphatic rings. The van der Waals surface area contributed by atoms with Gasteiger partial charge in [-0.25, -0.2) is 0 Å². The molecule has 54 heavy (non-hydrogen) atoms. The van der Waals surface area contributed by atoms with Gasteiger partial charge in [-0.05, 0) is 25.7 Å². The lowest BCUT2D eigenvalue weighted by Gasteiger charge is -2.16. The SMILES string of the molecule is CCCCCCCCCCCCCCCC[C@@H](CO)NC(=O)CCCCCCCCCCCCCCCC(=O)CCCCCCCCCCCCCCC. The molecule has 0 saturated heterocycles. The third-order valence-electron chi connectivity index (χ3n) is 11.9. The normalized spacial score (nSPS) is 12.1. The number of carbonyl (C=O) groups excluding carboxylic acids is 2. The van der Waals surface area contributed by atoms with Crippen molar-refractivity contribution in [2.45, 2.75) is 302 Å². The van der Waals surface area contributed by atoms with E-state index in [1.807, 2.05) is 0 Å². The highest BCUT2D eigenvalue weighted by molar-refractivity contribution is 5.78. The molecule has 0 heterocycles. The van der Waals surface area contributed by atoms with E-state index < -0.39 is 0 Å². The summed E-state index contributed by atoms with van der Waals surface area (Å²) in [5, 5.41) is 12.8. The molecule has 2 N–H and O–H groups in total. The zero-order valence-corrected chi connectivity index (χ0v) is 37.2. The van der Waals surface area contributed by atoms with Crippen molar-refractivity contribution in [1.29, 1.82) is 0 Å². The minimum atomic E-state index is -0.0670. The average molecular weight is 762 g/mol. The molecule has 0 unspecified atom stereocenters. The second kappa shape index (κ2) is 46.5. The monoisotopic (exact) mass is 762 g/mol. The molecule has 0 rings (SSSR count). The molecule has 0 radical (unpaired) electrons. The number of aliphatic hydroxyl groups excluding tert-OH is 1. The van der Waals surface area contributed by atoms with Gasteiger partial charge in [0.2, 0.25) is 5.91 Å². The van der Waals surface area contributed by atoms with Crippen molar-refractivity contribution >= 4 is 11.7 Å². The number of Topliss-reactive ketones (excluding diaryl/α,β-unsaturated/α-hetero) is 1. The molecule has 0 saturated carbocycles. The Hall–Kier alpha value is -0.900. The summed E-state index contributed by atoms with van der Waals surface area (Å²) < 4.78 is 0. The fourth-order valence-corrected chi connectivity index (χ4v) is 8.11. The van der Waals surface area contributed by atoms with Crippen LogP contribution in [-0.4, -0.2) is 29.4 Å². The Labute approximate surface area is 339 Å². The second-order valence-electron chi connectivity index (χ2n) is 17.5. The van der Waals surface area contributed by atoms with Crippen LogP contribution in [0.15, 0.2) is 0 Å². The van der Waals surface area contributed by atoms with E-state index in [-0.39, 0.29) is 18.6 Å². The fourth-order valence-electron chi connectivity index (χ4n) is 8.11. The van der Waals surface area contributed by atoms with Gasteiger partial charge in [0.05, 0.1) is 12.6 Å². The molecule has 4 nitrogen and oxygen atoms in total. The first-order valence-electron chi connectivity index (χ1n) is 25.1. The van der Waals surface area contributed by atoms with Crippen molar-refractivity contribution in [2.75, 3.05) is 6.61 Å². The van der Waals surface area contributed by atoms with Gasteiger partial charge in [0.1, 0.15) is 5.78 Å². The number of rotatable bonds is 47. The Bertz CT molecular complexity index is 739. The van der Waals surface area contributed by atoms with Crippen molar-refractivity contribution in [1.82, 2.24) is 5.32 Å². The first-order valence-corrected chi connectivity index (χ1v) is 25.1. The van der Waals surface area contributed by atoms with E-state index >= 15 is 0 Å². The van der Waals surface area contributed by atoms with Crippen LogP contribution in [0.25, 0.3) is 0 Å². The van der Waals surface area contributed by atoms with Gasteiger partial charge >= 0.3 is 0 Å². The van der Waals surface area contributed by atoms with E-state index in [4.69, 9.17) is 0 Å². The number of nitrogens with one attached hydrogen (secondary N) is 1. The summed E-state index contributed by atoms with van der Waals surface area (Å²) >= 11 is 0. The molecule has 1 amide bonds. The van der Waals surface area contributed by atoms with Gasteiger partial charge in [0.25, 0.3) is 0 Å². The Balaban J connectivity index is 3.36. The smallest absolute Gasteiger partial charge is 0.220 e. The number of unbranched alkanes of at least 4 members (excludes halogenated alkanes) is 37. The van der Waals surface area contributed by atoms with E-state index in [1.54, 1.807) is 0 Å². The van der Waals surface area contributed by atoms with Crippen molar-refractivity contribution < 1.29 is 14.7 Å². The molecule has 1 atom stereocenters. The summed E-state index contributed by atoms with van der Waals surface area (Å²) in [6, 6.07) is -0.0670. The average Bonchev–Trinajstić information content (AvgIpc) is 3.17. The van der Waals surface area contributed by atoms with E-state index in [0.29, 0.717) is 12.2 Å². The molecular weight excluding hydrogens is 663 g/mol. The summed E-state index contributed by atoms with van der Waals surface area (Å²) in [5.41, 5.74) is 0. The number of amides is 1.